The molecule has 0 saturated heterocycles. The molecular formula is C13H15NO4. The van der Waals surface area contributed by atoms with E-state index in [1.807, 2.05) is 0 Å². The number of rotatable bonds is 4. The molecule has 2 N–H and O–H groups in total. The molecular weight excluding hydrogens is 234 g/mol. The van der Waals surface area contributed by atoms with E-state index in [0.717, 1.165) is 5.56 Å². The second kappa shape index (κ2) is 6.44. The fourth-order valence-electron chi connectivity index (χ4n) is 1.33. The van der Waals surface area contributed by atoms with Crippen molar-refractivity contribution in [2.24, 2.45) is 0 Å². The minimum atomic E-state index is -0.582. The van der Waals surface area contributed by atoms with E-state index in [4.69, 9.17) is 0 Å². The first-order chi connectivity index (χ1) is 8.54. The minimum Gasteiger partial charge on any atom is -0.507 e. The van der Waals surface area contributed by atoms with Crippen molar-refractivity contribution in [2.45, 2.75) is 6.92 Å². The lowest BCUT2D eigenvalue weighted by Crippen LogP contribution is -2.19. The number of phenolic OH excluding ortho intramolecular Hbond substituents is 1. The van der Waals surface area contributed by atoms with Crippen molar-refractivity contribution in [2.75, 3.05) is 13.7 Å². The molecule has 0 aliphatic rings. The highest BCUT2D eigenvalue weighted by Gasteiger charge is 2.10. The van der Waals surface area contributed by atoms with Gasteiger partial charge < -0.3 is 15.2 Å². The number of aromatic hydroxyl groups is 1. The number of methoxy groups -OCH3 is 1. The summed E-state index contributed by atoms with van der Waals surface area (Å²) in [6.07, 6.45) is 3.48. The topological polar surface area (TPSA) is 75.6 Å². The highest BCUT2D eigenvalue weighted by atomic mass is 16.5. The van der Waals surface area contributed by atoms with E-state index in [2.05, 4.69) is 10.1 Å². The van der Waals surface area contributed by atoms with Crippen LogP contribution in [0.3, 0.4) is 0 Å². The van der Waals surface area contributed by atoms with Gasteiger partial charge in [0, 0.05) is 13.5 Å². The van der Waals surface area contributed by atoms with Crippen LogP contribution in [0.5, 0.6) is 5.75 Å². The number of carbonyl (C=O) groups is 2. The van der Waals surface area contributed by atoms with Crippen molar-refractivity contribution in [3.8, 4) is 5.75 Å². The molecule has 5 heteroatoms. The third-order valence-electron chi connectivity index (χ3n) is 2.21. The van der Waals surface area contributed by atoms with E-state index in [1.165, 1.54) is 26.2 Å². The van der Waals surface area contributed by atoms with Crippen LogP contribution < -0.4 is 5.32 Å². The highest BCUT2D eigenvalue weighted by molar-refractivity contribution is 5.92. The first kappa shape index (κ1) is 13.8. The maximum atomic E-state index is 11.2. The lowest BCUT2D eigenvalue weighted by Gasteiger charge is -2.03. The second-order valence-corrected chi connectivity index (χ2v) is 3.61. The average molecular weight is 249 g/mol. The minimum absolute atomic E-state index is 0.108. The molecule has 5 nitrogen and oxygen atoms in total. The quantitative estimate of drug-likeness (QED) is 0.789. The molecule has 0 aromatic heterocycles. The van der Waals surface area contributed by atoms with Crippen LogP contribution in [0.2, 0.25) is 0 Å². The van der Waals surface area contributed by atoms with Crippen LogP contribution >= 0.6 is 0 Å². The summed E-state index contributed by atoms with van der Waals surface area (Å²) in [6.45, 7) is 1.85. The normalized spacial score (nSPS) is 10.3. The SMILES string of the molecule is COC(=O)c1ccc(C=CCNC(C)=O)cc1O. The summed E-state index contributed by atoms with van der Waals surface area (Å²) in [4.78, 5) is 21.9. The van der Waals surface area contributed by atoms with Gasteiger partial charge in [0.2, 0.25) is 5.91 Å². The highest BCUT2D eigenvalue weighted by Crippen LogP contribution is 2.20. The van der Waals surface area contributed by atoms with Crippen LogP contribution in [0.15, 0.2) is 24.3 Å². The van der Waals surface area contributed by atoms with Crippen LogP contribution in [-0.4, -0.2) is 30.6 Å². The summed E-state index contributed by atoms with van der Waals surface area (Å²) in [6, 6.07) is 4.62. The molecule has 0 atom stereocenters. The molecule has 0 unspecified atom stereocenters. The van der Waals surface area contributed by atoms with Crippen molar-refractivity contribution < 1.29 is 19.4 Å². The molecule has 0 saturated carbocycles. The van der Waals surface area contributed by atoms with Gasteiger partial charge in [-0.05, 0) is 17.7 Å². The largest absolute Gasteiger partial charge is 0.507 e. The maximum absolute atomic E-state index is 11.2. The number of hydrogen-bond acceptors (Lipinski definition) is 4. The smallest absolute Gasteiger partial charge is 0.341 e. The molecule has 1 aromatic rings. The molecule has 18 heavy (non-hydrogen) atoms. The molecule has 96 valence electrons. The van der Waals surface area contributed by atoms with Gasteiger partial charge in [-0.1, -0.05) is 18.2 Å². The predicted octanol–water partition coefficient (Wildman–Crippen LogP) is 1.33. The standard InChI is InChI=1S/C13H15NO4/c1-9(15)14-7-3-4-10-5-6-11(12(16)8-10)13(17)18-2/h3-6,8,16H,7H2,1-2H3,(H,14,15). The third kappa shape index (κ3) is 3.93. The number of benzene rings is 1. The van der Waals surface area contributed by atoms with Crippen molar-refractivity contribution in [1.29, 1.82) is 0 Å². The van der Waals surface area contributed by atoms with Gasteiger partial charge in [0.05, 0.1) is 7.11 Å². The Hall–Kier alpha value is -2.30. The van der Waals surface area contributed by atoms with Crippen LogP contribution in [0, 0.1) is 0 Å². The summed E-state index contributed by atoms with van der Waals surface area (Å²) in [5, 5.41) is 12.2. The van der Waals surface area contributed by atoms with Crippen molar-refractivity contribution >= 4 is 18.0 Å². The number of hydrogen-bond donors (Lipinski definition) is 2. The van der Waals surface area contributed by atoms with E-state index in [-0.39, 0.29) is 17.2 Å². The molecule has 0 fully saturated rings. The van der Waals surface area contributed by atoms with E-state index < -0.39 is 5.97 Å². The van der Waals surface area contributed by atoms with Gasteiger partial charge in [0.1, 0.15) is 11.3 Å². The molecule has 0 bridgehead atoms. The summed E-state index contributed by atoms with van der Waals surface area (Å²) in [7, 11) is 1.25. The van der Waals surface area contributed by atoms with Crippen molar-refractivity contribution in [3.63, 3.8) is 0 Å². The Labute approximate surface area is 105 Å². The Kier molecular flexibility index (Phi) is 4.92. The van der Waals surface area contributed by atoms with Gasteiger partial charge in [-0.25, -0.2) is 4.79 Å². The Morgan fingerprint density at radius 2 is 2.17 bits per heavy atom. The predicted molar refractivity (Wildman–Crippen MR) is 67.2 cm³/mol. The first-order valence-corrected chi connectivity index (χ1v) is 5.37. The zero-order valence-electron chi connectivity index (χ0n) is 10.3. The van der Waals surface area contributed by atoms with Gasteiger partial charge in [0.25, 0.3) is 0 Å². The fraction of sp³-hybridized carbons (Fsp3) is 0.231. The van der Waals surface area contributed by atoms with E-state index in [9.17, 15) is 14.7 Å². The van der Waals surface area contributed by atoms with Crippen molar-refractivity contribution in [1.82, 2.24) is 5.32 Å². The number of nitrogens with one attached hydrogen (secondary N) is 1. The van der Waals surface area contributed by atoms with Crippen molar-refractivity contribution in [3.05, 3.63) is 35.4 Å². The lowest BCUT2D eigenvalue weighted by atomic mass is 10.1. The third-order valence-corrected chi connectivity index (χ3v) is 2.21. The molecule has 0 aliphatic carbocycles. The van der Waals surface area contributed by atoms with Crippen LogP contribution in [-0.2, 0) is 9.53 Å². The Morgan fingerprint density at radius 1 is 1.44 bits per heavy atom. The molecule has 0 spiro atoms. The van der Waals surface area contributed by atoms with Gasteiger partial charge in [-0.15, -0.1) is 0 Å². The lowest BCUT2D eigenvalue weighted by molar-refractivity contribution is -0.118. The number of ether oxygens (including phenoxy) is 1. The van der Waals surface area contributed by atoms with E-state index in [1.54, 1.807) is 18.2 Å². The van der Waals surface area contributed by atoms with Gasteiger partial charge in [0.15, 0.2) is 0 Å². The monoisotopic (exact) mass is 249 g/mol. The summed E-state index contributed by atoms with van der Waals surface area (Å²) in [5.41, 5.74) is 0.849. The summed E-state index contributed by atoms with van der Waals surface area (Å²) in [5.74, 6) is -0.826. The Balaban J connectivity index is 2.72. The molecule has 0 heterocycles. The van der Waals surface area contributed by atoms with Crippen LogP contribution in [0.4, 0.5) is 0 Å². The zero-order chi connectivity index (χ0) is 13.5. The Bertz CT molecular complexity index is 480. The number of carbonyl (C=O) groups excluding carboxylic acids is 2. The summed E-state index contributed by atoms with van der Waals surface area (Å²) < 4.78 is 4.52. The molecule has 1 aromatic carbocycles. The van der Waals surface area contributed by atoms with Gasteiger partial charge in [-0.2, -0.15) is 0 Å². The van der Waals surface area contributed by atoms with Gasteiger partial charge in [-0.3, -0.25) is 4.79 Å². The van der Waals surface area contributed by atoms with E-state index >= 15 is 0 Å². The second-order valence-electron chi connectivity index (χ2n) is 3.61. The molecule has 0 radical (unpaired) electrons. The van der Waals surface area contributed by atoms with E-state index in [0.29, 0.717) is 6.54 Å². The number of amides is 1. The molecule has 1 amide bonds. The first-order valence-electron chi connectivity index (χ1n) is 5.37. The van der Waals surface area contributed by atoms with Crippen LogP contribution in [0.1, 0.15) is 22.8 Å². The molecule has 0 aliphatic heterocycles. The van der Waals surface area contributed by atoms with Gasteiger partial charge >= 0.3 is 5.97 Å². The zero-order valence-corrected chi connectivity index (χ0v) is 10.3. The van der Waals surface area contributed by atoms with Crippen LogP contribution in [0.25, 0.3) is 6.08 Å². The number of phenols is 1. The molecule has 1 rings (SSSR count). The number of esters is 1. The average Bonchev–Trinajstić information content (AvgIpc) is 2.33. The maximum Gasteiger partial charge on any atom is 0.341 e. The fourth-order valence-corrected chi connectivity index (χ4v) is 1.33. The summed E-state index contributed by atoms with van der Waals surface area (Å²) >= 11 is 0. The Morgan fingerprint density at radius 3 is 2.72 bits per heavy atom.